The van der Waals surface area contributed by atoms with Crippen LogP contribution in [0.3, 0.4) is 0 Å². The predicted octanol–water partition coefficient (Wildman–Crippen LogP) is 2.87. The van der Waals surface area contributed by atoms with E-state index in [4.69, 9.17) is 27.2 Å². The van der Waals surface area contributed by atoms with Crippen LogP contribution in [0.25, 0.3) is 0 Å². The van der Waals surface area contributed by atoms with Crippen molar-refractivity contribution < 1.29 is 9.84 Å². The molecule has 0 aliphatic rings. The van der Waals surface area contributed by atoms with Crippen LogP contribution in [0.1, 0.15) is 16.7 Å². The molecular weight excluding hydrogens is 262 g/mol. The fourth-order valence-corrected chi connectivity index (χ4v) is 1.95. The Hall–Kier alpha value is -1.55. The second kappa shape index (κ2) is 6.57. The van der Waals surface area contributed by atoms with E-state index in [9.17, 15) is 0 Å². The Balaban J connectivity index is 2.05. The monoisotopic (exact) mass is 277 g/mol. The molecule has 0 aliphatic heterocycles. The second-order valence-electron chi connectivity index (χ2n) is 4.22. The summed E-state index contributed by atoms with van der Waals surface area (Å²) in [5.74, 6) is 0.748. The third-order valence-corrected chi connectivity index (χ3v) is 3.08. The molecule has 0 saturated heterocycles. The fraction of sp³-hybridized carbons (Fsp3) is 0.200. The maximum absolute atomic E-state index is 8.97. The van der Waals surface area contributed by atoms with E-state index < -0.39 is 0 Å². The number of ether oxygens (including phenoxy) is 1. The van der Waals surface area contributed by atoms with Crippen LogP contribution in [0.15, 0.2) is 42.5 Å². The van der Waals surface area contributed by atoms with Crippen LogP contribution in [-0.2, 0) is 19.8 Å². The number of aliphatic hydroxyl groups excluding tert-OH is 1. The van der Waals surface area contributed by atoms with E-state index in [0.717, 1.165) is 22.4 Å². The summed E-state index contributed by atoms with van der Waals surface area (Å²) in [7, 11) is 0. The van der Waals surface area contributed by atoms with Crippen molar-refractivity contribution in [2.45, 2.75) is 19.8 Å². The standard InChI is InChI=1S/C15H16ClNO2/c16-14-5-6-15(13(7-14)8-17)19-10-12-3-1-11(9-18)2-4-12/h1-7,18H,8-10,17H2. The maximum atomic E-state index is 8.97. The van der Waals surface area contributed by atoms with Gasteiger partial charge in [-0.25, -0.2) is 0 Å². The first-order valence-electron chi connectivity index (χ1n) is 6.03. The van der Waals surface area contributed by atoms with Crippen LogP contribution in [-0.4, -0.2) is 5.11 Å². The highest BCUT2D eigenvalue weighted by Gasteiger charge is 2.04. The molecular formula is C15H16ClNO2. The maximum Gasteiger partial charge on any atom is 0.124 e. The smallest absolute Gasteiger partial charge is 0.124 e. The van der Waals surface area contributed by atoms with Crippen molar-refractivity contribution in [3.63, 3.8) is 0 Å². The molecule has 2 aromatic rings. The zero-order chi connectivity index (χ0) is 13.7. The van der Waals surface area contributed by atoms with Gasteiger partial charge in [0.2, 0.25) is 0 Å². The van der Waals surface area contributed by atoms with Crippen molar-refractivity contribution in [1.29, 1.82) is 0 Å². The highest BCUT2D eigenvalue weighted by Crippen LogP contribution is 2.23. The zero-order valence-corrected chi connectivity index (χ0v) is 11.2. The number of nitrogens with two attached hydrogens (primary N) is 1. The zero-order valence-electron chi connectivity index (χ0n) is 10.5. The van der Waals surface area contributed by atoms with Crippen molar-refractivity contribution in [3.05, 3.63) is 64.2 Å². The Labute approximate surface area is 117 Å². The third kappa shape index (κ3) is 3.70. The van der Waals surface area contributed by atoms with E-state index in [2.05, 4.69) is 0 Å². The Morgan fingerprint density at radius 2 is 1.74 bits per heavy atom. The largest absolute Gasteiger partial charge is 0.489 e. The highest BCUT2D eigenvalue weighted by atomic mass is 35.5. The molecule has 0 spiro atoms. The van der Waals surface area contributed by atoms with Crippen molar-refractivity contribution in [3.8, 4) is 5.75 Å². The molecule has 0 unspecified atom stereocenters. The SMILES string of the molecule is NCc1cc(Cl)ccc1OCc1ccc(CO)cc1. The van der Waals surface area contributed by atoms with Crippen molar-refractivity contribution in [1.82, 2.24) is 0 Å². The molecule has 100 valence electrons. The van der Waals surface area contributed by atoms with Crippen LogP contribution in [0, 0.1) is 0 Å². The molecule has 2 aromatic carbocycles. The molecule has 0 bridgehead atoms. The van der Waals surface area contributed by atoms with Crippen molar-refractivity contribution in [2.24, 2.45) is 5.73 Å². The topological polar surface area (TPSA) is 55.5 Å². The number of aliphatic hydroxyl groups is 1. The molecule has 0 fully saturated rings. The van der Waals surface area contributed by atoms with E-state index in [1.165, 1.54) is 0 Å². The van der Waals surface area contributed by atoms with E-state index in [1.807, 2.05) is 36.4 Å². The minimum Gasteiger partial charge on any atom is -0.489 e. The lowest BCUT2D eigenvalue weighted by Gasteiger charge is -2.11. The third-order valence-electron chi connectivity index (χ3n) is 2.84. The van der Waals surface area contributed by atoms with Gasteiger partial charge in [-0.1, -0.05) is 35.9 Å². The van der Waals surface area contributed by atoms with E-state index in [1.54, 1.807) is 6.07 Å². The molecule has 0 heterocycles. The number of halogens is 1. The summed E-state index contributed by atoms with van der Waals surface area (Å²) in [5.41, 5.74) is 8.47. The van der Waals surface area contributed by atoms with Gasteiger partial charge >= 0.3 is 0 Å². The van der Waals surface area contributed by atoms with Gasteiger partial charge < -0.3 is 15.6 Å². The molecule has 0 amide bonds. The molecule has 3 N–H and O–H groups in total. The quantitative estimate of drug-likeness (QED) is 0.884. The molecule has 0 saturated carbocycles. The average Bonchev–Trinajstić information content (AvgIpc) is 2.46. The first kappa shape index (κ1) is 13.9. The molecule has 2 rings (SSSR count). The van der Waals surface area contributed by atoms with E-state index >= 15 is 0 Å². The number of hydrogen-bond acceptors (Lipinski definition) is 3. The van der Waals surface area contributed by atoms with Gasteiger partial charge in [0.1, 0.15) is 12.4 Å². The lowest BCUT2D eigenvalue weighted by molar-refractivity contribution is 0.281. The van der Waals surface area contributed by atoms with Gasteiger partial charge in [-0.2, -0.15) is 0 Å². The minimum absolute atomic E-state index is 0.0512. The van der Waals surface area contributed by atoms with Gasteiger partial charge in [0.05, 0.1) is 6.61 Å². The van der Waals surface area contributed by atoms with Crippen molar-refractivity contribution >= 4 is 11.6 Å². The average molecular weight is 278 g/mol. The Bertz CT molecular complexity index is 540. The lowest BCUT2D eigenvalue weighted by Crippen LogP contribution is -2.02. The number of hydrogen-bond donors (Lipinski definition) is 2. The summed E-state index contributed by atoms with van der Waals surface area (Å²) >= 11 is 5.91. The molecule has 19 heavy (non-hydrogen) atoms. The van der Waals surface area contributed by atoms with Gasteiger partial charge in [0.25, 0.3) is 0 Å². The van der Waals surface area contributed by atoms with Crippen LogP contribution in [0.4, 0.5) is 0 Å². The summed E-state index contributed by atoms with van der Waals surface area (Å²) in [5, 5.41) is 9.63. The Kier molecular flexibility index (Phi) is 4.80. The van der Waals surface area contributed by atoms with Crippen LogP contribution in [0.5, 0.6) is 5.75 Å². The normalized spacial score (nSPS) is 10.5. The Morgan fingerprint density at radius 3 is 2.37 bits per heavy atom. The number of benzene rings is 2. The van der Waals surface area contributed by atoms with E-state index in [-0.39, 0.29) is 6.61 Å². The lowest BCUT2D eigenvalue weighted by atomic mass is 10.1. The predicted molar refractivity (Wildman–Crippen MR) is 76.0 cm³/mol. The van der Waals surface area contributed by atoms with Gasteiger partial charge in [0, 0.05) is 17.1 Å². The summed E-state index contributed by atoms with van der Waals surface area (Å²) in [6, 6.07) is 13.0. The molecule has 0 aliphatic carbocycles. The van der Waals surface area contributed by atoms with Gasteiger partial charge in [-0.05, 0) is 29.3 Å². The fourth-order valence-electron chi connectivity index (χ4n) is 1.75. The van der Waals surface area contributed by atoms with Gasteiger partial charge in [-0.15, -0.1) is 0 Å². The first-order chi connectivity index (χ1) is 9.22. The van der Waals surface area contributed by atoms with Crippen molar-refractivity contribution in [2.75, 3.05) is 0 Å². The summed E-state index contributed by atoms with van der Waals surface area (Å²) in [4.78, 5) is 0. The highest BCUT2D eigenvalue weighted by molar-refractivity contribution is 6.30. The second-order valence-corrected chi connectivity index (χ2v) is 4.66. The molecule has 0 radical (unpaired) electrons. The van der Waals surface area contributed by atoms with Gasteiger partial charge in [-0.3, -0.25) is 0 Å². The first-order valence-corrected chi connectivity index (χ1v) is 6.40. The summed E-state index contributed by atoms with van der Waals surface area (Å²) < 4.78 is 5.74. The number of rotatable bonds is 5. The van der Waals surface area contributed by atoms with Gasteiger partial charge in [0.15, 0.2) is 0 Å². The molecule has 4 heteroatoms. The van der Waals surface area contributed by atoms with E-state index in [0.29, 0.717) is 18.2 Å². The molecule has 3 nitrogen and oxygen atoms in total. The summed E-state index contributed by atoms with van der Waals surface area (Å²) in [6.07, 6.45) is 0. The van der Waals surface area contributed by atoms with Crippen LogP contribution < -0.4 is 10.5 Å². The Morgan fingerprint density at radius 1 is 1.05 bits per heavy atom. The molecule has 0 aromatic heterocycles. The summed E-state index contributed by atoms with van der Waals surface area (Å²) in [6.45, 7) is 0.898. The minimum atomic E-state index is 0.0512. The van der Waals surface area contributed by atoms with Crippen LogP contribution in [0.2, 0.25) is 5.02 Å². The molecule has 0 atom stereocenters. The van der Waals surface area contributed by atoms with Crippen LogP contribution >= 0.6 is 11.6 Å².